The summed E-state index contributed by atoms with van der Waals surface area (Å²) in [5.41, 5.74) is 1.04. The second-order valence-corrected chi connectivity index (χ2v) is 8.36. The topological polar surface area (TPSA) is 132 Å². The summed E-state index contributed by atoms with van der Waals surface area (Å²) in [5.74, 6) is -1.54. The Morgan fingerprint density at radius 2 is 1.77 bits per heavy atom. The Hall–Kier alpha value is -4.51. The van der Waals surface area contributed by atoms with Crippen molar-refractivity contribution in [3.63, 3.8) is 0 Å². The lowest BCUT2D eigenvalue weighted by molar-refractivity contribution is -0.139. The molecule has 3 aromatic rings. The van der Waals surface area contributed by atoms with E-state index < -0.39 is 23.0 Å². The number of methoxy groups -OCH3 is 1. The average Bonchev–Trinajstić information content (AvgIpc) is 3.70. The first kappa shape index (κ1) is 23.6. The van der Waals surface area contributed by atoms with Crippen molar-refractivity contribution in [3.8, 4) is 11.8 Å². The van der Waals surface area contributed by atoms with Gasteiger partial charge in [-0.05, 0) is 46.9 Å². The molecular formula is C27H24N4O4. The van der Waals surface area contributed by atoms with Crippen LogP contribution in [0.25, 0.3) is 10.8 Å². The van der Waals surface area contributed by atoms with Gasteiger partial charge in [0.2, 0.25) is 5.78 Å². The zero-order valence-corrected chi connectivity index (χ0v) is 19.2. The first-order valence-electron chi connectivity index (χ1n) is 11.1. The molecule has 3 N–H and O–H groups in total. The van der Waals surface area contributed by atoms with Crippen LogP contribution in [0.2, 0.25) is 0 Å². The van der Waals surface area contributed by atoms with E-state index >= 15 is 0 Å². The van der Waals surface area contributed by atoms with Crippen molar-refractivity contribution in [1.82, 2.24) is 10.6 Å². The molecule has 0 radical (unpaired) electrons. The van der Waals surface area contributed by atoms with Crippen LogP contribution < -0.4 is 15.4 Å². The van der Waals surface area contributed by atoms with Crippen molar-refractivity contribution >= 4 is 34.1 Å². The normalized spacial score (nSPS) is 13.4. The number of hydrogen-bond donors (Lipinski definition) is 3. The molecule has 1 saturated carbocycles. The highest BCUT2D eigenvalue weighted by Crippen LogP contribution is 2.52. The minimum Gasteiger partial charge on any atom is -0.497 e. The van der Waals surface area contributed by atoms with E-state index in [2.05, 4.69) is 10.6 Å². The first-order valence-corrected chi connectivity index (χ1v) is 11.1. The summed E-state index contributed by atoms with van der Waals surface area (Å²) in [6.45, 7) is -0.340. The summed E-state index contributed by atoms with van der Waals surface area (Å²) < 4.78 is 5.39. The SMILES string of the molecule is COc1ccc2cccc(C3(C(=N)C(=O)c4ccccc4CNC(=O)C(=O)NCC#N)CC3)c2c1. The Labute approximate surface area is 202 Å². The van der Waals surface area contributed by atoms with Gasteiger partial charge in [-0.3, -0.25) is 14.4 Å². The van der Waals surface area contributed by atoms with Crippen LogP contribution in [-0.4, -0.2) is 37.0 Å². The molecule has 0 spiro atoms. The highest BCUT2D eigenvalue weighted by molar-refractivity contribution is 6.49. The molecule has 8 heteroatoms. The van der Waals surface area contributed by atoms with E-state index in [1.165, 1.54) is 0 Å². The van der Waals surface area contributed by atoms with E-state index in [4.69, 9.17) is 15.4 Å². The zero-order chi connectivity index (χ0) is 25.0. The fraction of sp³-hybridized carbons (Fsp3) is 0.222. The van der Waals surface area contributed by atoms with Crippen LogP contribution in [0.1, 0.15) is 34.3 Å². The van der Waals surface area contributed by atoms with Crippen molar-refractivity contribution in [3.05, 3.63) is 77.4 Å². The summed E-state index contributed by atoms with van der Waals surface area (Å²) in [7, 11) is 1.60. The quantitative estimate of drug-likeness (QED) is 0.202. The number of carbonyl (C=O) groups excluding carboxylic acids is 3. The van der Waals surface area contributed by atoms with Gasteiger partial charge in [-0.25, -0.2) is 0 Å². The van der Waals surface area contributed by atoms with Crippen LogP contribution in [0, 0.1) is 16.7 Å². The fourth-order valence-electron chi connectivity index (χ4n) is 4.28. The number of Topliss-reactive ketones (excluding diaryl/α,β-unsaturated/α-hetero) is 1. The number of ketones is 1. The van der Waals surface area contributed by atoms with Gasteiger partial charge in [-0.2, -0.15) is 5.26 Å². The number of amides is 2. The molecule has 2 amide bonds. The summed E-state index contributed by atoms with van der Waals surface area (Å²) in [6.07, 6.45) is 1.37. The van der Waals surface area contributed by atoms with Crippen LogP contribution in [0.5, 0.6) is 5.75 Å². The first-order chi connectivity index (χ1) is 16.9. The molecule has 35 heavy (non-hydrogen) atoms. The van der Waals surface area contributed by atoms with E-state index in [-0.39, 0.29) is 18.8 Å². The fourth-order valence-corrected chi connectivity index (χ4v) is 4.28. The number of nitrogens with zero attached hydrogens (tertiary/aromatic N) is 1. The van der Waals surface area contributed by atoms with Crippen LogP contribution in [0.15, 0.2) is 60.7 Å². The van der Waals surface area contributed by atoms with Crippen LogP contribution in [-0.2, 0) is 21.5 Å². The second kappa shape index (κ2) is 9.77. The number of nitriles is 1. The van der Waals surface area contributed by atoms with Gasteiger partial charge in [-0.15, -0.1) is 0 Å². The molecule has 3 aromatic carbocycles. The number of rotatable bonds is 8. The number of carbonyl (C=O) groups is 3. The maximum atomic E-state index is 13.5. The summed E-state index contributed by atoms with van der Waals surface area (Å²) >= 11 is 0. The van der Waals surface area contributed by atoms with Crippen molar-refractivity contribution < 1.29 is 19.1 Å². The van der Waals surface area contributed by atoms with Crippen molar-refractivity contribution in [2.75, 3.05) is 13.7 Å². The Bertz CT molecular complexity index is 1390. The number of ether oxygens (including phenoxy) is 1. The van der Waals surface area contributed by atoms with Gasteiger partial charge >= 0.3 is 11.8 Å². The molecule has 1 aliphatic carbocycles. The van der Waals surface area contributed by atoms with Crippen molar-refractivity contribution in [2.45, 2.75) is 24.8 Å². The molecule has 1 aliphatic rings. The lowest BCUT2D eigenvalue weighted by atomic mass is 9.83. The Morgan fingerprint density at radius 1 is 1.03 bits per heavy atom. The lowest BCUT2D eigenvalue weighted by Crippen LogP contribution is -2.40. The third-order valence-electron chi connectivity index (χ3n) is 6.30. The van der Waals surface area contributed by atoms with E-state index in [0.717, 1.165) is 16.3 Å². The molecule has 8 nitrogen and oxygen atoms in total. The smallest absolute Gasteiger partial charge is 0.310 e. The van der Waals surface area contributed by atoms with E-state index in [1.54, 1.807) is 37.4 Å². The number of benzene rings is 3. The van der Waals surface area contributed by atoms with Crippen molar-refractivity contribution in [1.29, 1.82) is 10.7 Å². The molecule has 0 bridgehead atoms. The zero-order valence-electron chi connectivity index (χ0n) is 19.2. The summed E-state index contributed by atoms with van der Waals surface area (Å²) in [4.78, 5) is 37.2. The highest BCUT2D eigenvalue weighted by atomic mass is 16.5. The van der Waals surface area contributed by atoms with Gasteiger partial charge in [-0.1, -0.05) is 48.5 Å². The summed E-state index contributed by atoms with van der Waals surface area (Å²) in [6, 6.07) is 20.1. The maximum Gasteiger partial charge on any atom is 0.310 e. The predicted molar refractivity (Wildman–Crippen MR) is 130 cm³/mol. The third-order valence-corrected chi connectivity index (χ3v) is 6.30. The minimum absolute atomic E-state index is 0.00152. The largest absolute Gasteiger partial charge is 0.497 e. The van der Waals surface area contributed by atoms with E-state index in [9.17, 15) is 14.4 Å². The third kappa shape index (κ3) is 4.62. The maximum absolute atomic E-state index is 13.5. The van der Waals surface area contributed by atoms with Gasteiger partial charge in [0.15, 0.2) is 0 Å². The molecule has 0 saturated heterocycles. The highest BCUT2D eigenvalue weighted by Gasteiger charge is 2.51. The molecule has 176 valence electrons. The van der Waals surface area contributed by atoms with E-state index in [0.29, 0.717) is 29.7 Å². The number of nitrogens with one attached hydrogen (secondary N) is 3. The Morgan fingerprint density at radius 3 is 2.49 bits per heavy atom. The average molecular weight is 469 g/mol. The molecule has 0 heterocycles. The van der Waals surface area contributed by atoms with Crippen molar-refractivity contribution in [2.24, 2.45) is 0 Å². The molecule has 1 fully saturated rings. The van der Waals surface area contributed by atoms with Gasteiger partial charge in [0.05, 0.1) is 18.9 Å². The van der Waals surface area contributed by atoms with Gasteiger partial charge in [0, 0.05) is 17.5 Å². The van der Waals surface area contributed by atoms with E-state index in [1.807, 2.05) is 36.4 Å². The van der Waals surface area contributed by atoms with Gasteiger partial charge < -0.3 is 20.8 Å². The molecule has 0 aromatic heterocycles. The minimum atomic E-state index is -0.925. The van der Waals surface area contributed by atoms with Gasteiger partial charge in [0.25, 0.3) is 0 Å². The molecule has 4 rings (SSSR count). The molecule has 0 aliphatic heterocycles. The Balaban J connectivity index is 1.59. The number of fused-ring (bicyclic) bond motifs is 1. The van der Waals surface area contributed by atoms with Gasteiger partial charge in [0.1, 0.15) is 12.3 Å². The van der Waals surface area contributed by atoms with Crippen LogP contribution in [0.3, 0.4) is 0 Å². The monoisotopic (exact) mass is 468 g/mol. The molecule has 0 atom stereocenters. The van der Waals surface area contributed by atoms with Crippen LogP contribution in [0.4, 0.5) is 0 Å². The van der Waals surface area contributed by atoms with Crippen LogP contribution >= 0.6 is 0 Å². The lowest BCUT2D eigenvalue weighted by Gasteiger charge is -2.20. The number of hydrogen-bond acceptors (Lipinski definition) is 6. The standard InChI is InChI=1S/C27H24N4O4/c1-35-19-10-9-17-6-4-8-22(21(17)15-19)27(11-12-27)24(29)23(32)20-7-3-2-5-18(20)16-31-26(34)25(33)30-14-13-28/h2-10,15,29H,11-12,14,16H2,1H3,(H,30,33)(H,31,34). The second-order valence-electron chi connectivity index (χ2n) is 8.36. The predicted octanol–water partition coefficient (Wildman–Crippen LogP) is 3.04. The Kier molecular flexibility index (Phi) is 6.60. The summed E-state index contributed by atoms with van der Waals surface area (Å²) in [5, 5.41) is 24.0. The molecule has 0 unspecified atom stereocenters. The molecular weight excluding hydrogens is 444 g/mol.